The Morgan fingerprint density at radius 3 is 2.86 bits per heavy atom. The molecule has 2 N–H and O–H groups in total. The van der Waals surface area contributed by atoms with Crippen molar-refractivity contribution in [3.63, 3.8) is 0 Å². The third-order valence-electron chi connectivity index (χ3n) is 1.03. The monoisotopic (exact) mass is 320 g/mol. The SMILES string of the molecule is NC(=S)[N-]/N=C\c1ccccn1.[Cl][Pd+]. The van der Waals surface area contributed by atoms with Gasteiger partial charge in [0.25, 0.3) is 0 Å². The van der Waals surface area contributed by atoms with E-state index in [1.54, 1.807) is 12.3 Å². The van der Waals surface area contributed by atoms with Gasteiger partial charge in [-0.05, 0) is 12.1 Å². The molecule has 7 heteroatoms. The minimum atomic E-state index is 0.0159. The summed E-state index contributed by atoms with van der Waals surface area (Å²) in [5, 5.41) is 3.63. The van der Waals surface area contributed by atoms with Crippen molar-refractivity contribution in [1.29, 1.82) is 0 Å². The number of halogens is 1. The van der Waals surface area contributed by atoms with Gasteiger partial charge in [0.05, 0.1) is 11.9 Å². The maximum absolute atomic E-state index is 5.09. The van der Waals surface area contributed by atoms with Crippen molar-refractivity contribution in [2.24, 2.45) is 10.8 Å². The fourth-order valence-electron chi connectivity index (χ4n) is 0.597. The van der Waals surface area contributed by atoms with Crippen LogP contribution in [-0.4, -0.2) is 16.3 Å². The number of nitrogens with two attached hydrogens (primary N) is 1. The first-order valence-corrected chi connectivity index (χ1v) is 5.76. The summed E-state index contributed by atoms with van der Waals surface area (Å²) in [6.45, 7) is 0. The van der Waals surface area contributed by atoms with Crippen LogP contribution < -0.4 is 5.73 Å². The topological polar surface area (TPSA) is 65.4 Å². The van der Waals surface area contributed by atoms with Crippen LogP contribution in [-0.2, 0) is 18.2 Å². The van der Waals surface area contributed by atoms with Crippen molar-refractivity contribution in [2.45, 2.75) is 0 Å². The molecule has 0 aliphatic rings. The van der Waals surface area contributed by atoms with Gasteiger partial charge < -0.3 is 11.2 Å². The summed E-state index contributed by atoms with van der Waals surface area (Å²) in [5.74, 6) is 0. The zero-order valence-electron chi connectivity index (χ0n) is 6.91. The number of nitrogens with zero attached hydrogens (tertiary/aromatic N) is 3. The number of rotatable bonds is 2. The molecule has 78 valence electrons. The van der Waals surface area contributed by atoms with Crippen LogP contribution in [0.5, 0.6) is 0 Å². The zero-order valence-corrected chi connectivity index (χ0v) is 10.0. The molecule has 0 aliphatic carbocycles. The predicted molar refractivity (Wildman–Crippen MR) is 57.8 cm³/mol. The van der Waals surface area contributed by atoms with Gasteiger partial charge in [0.1, 0.15) is 0 Å². The Balaban J connectivity index is 0.000000791. The van der Waals surface area contributed by atoms with Crippen LogP contribution in [0.2, 0.25) is 0 Å². The minimum absolute atomic E-state index is 0.0159. The van der Waals surface area contributed by atoms with Gasteiger partial charge in [0, 0.05) is 11.3 Å². The Labute approximate surface area is 102 Å². The molecule has 1 aromatic rings. The number of thiocarbonyl (C=S) groups is 1. The summed E-state index contributed by atoms with van der Waals surface area (Å²) < 4.78 is 0. The van der Waals surface area contributed by atoms with E-state index < -0.39 is 0 Å². The van der Waals surface area contributed by atoms with Crippen LogP contribution in [0.15, 0.2) is 29.5 Å². The van der Waals surface area contributed by atoms with Crippen molar-refractivity contribution < 1.29 is 18.2 Å². The molecule has 1 aromatic heterocycles. The number of pyridine rings is 1. The molecular weight excluding hydrogens is 314 g/mol. The van der Waals surface area contributed by atoms with Crippen LogP contribution in [0.25, 0.3) is 5.43 Å². The van der Waals surface area contributed by atoms with Crippen molar-refractivity contribution >= 4 is 33.1 Å². The summed E-state index contributed by atoms with van der Waals surface area (Å²) in [5.41, 5.74) is 9.27. The quantitative estimate of drug-likeness (QED) is 0.390. The molecule has 0 amide bonds. The molecule has 1 heterocycles. The fourth-order valence-corrected chi connectivity index (χ4v) is 0.644. The van der Waals surface area contributed by atoms with Gasteiger partial charge in [0.15, 0.2) is 0 Å². The summed E-state index contributed by atoms with van der Waals surface area (Å²) in [4.78, 5) is 3.98. The van der Waals surface area contributed by atoms with Gasteiger partial charge in [-0.1, -0.05) is 18.3 Å². The molecule has 0 unspecified atom stereocenters. The van der Waals surface area contributed by atoms with Crippen LogP contribution in [0, 0.1) is 0 Å². The molecule has 4 nitrogen and oxygen atoms in total. The first kappa shape index (κ1) is 13.5. The molecule has 1 rings (SSSR count). The van der Waals surface area contributed by atoms with Gasteiger partial charge in [-0.15, -0.1) is 0 Å². The Kier molecular flexibility index (Phi) is 8.69. The van der Waals surface area contributed by atoms with Crippen molar-refractivity contribution in [2.75, 3.05) is 0 Å². The molecule has 0 radical (unpaired) electrons. The average molecular weight is 321 g/mol. The van der Waals surface area contributed by atoms with Crippen molar-refractivity contribution in [3.05, 3.63) is 35.5 Å². The summed E-state index contributed by atoms with van der Waals surface area (Å²) in [6.07, 6.45) is 3.15. The molecule has 0 saturated heterocycles. The van der Waals surface area contributed by atoms with Gasteiger partial charge in [-0.3, -0.25) is 10.1 Å². The molecule has 0 bridgehead atoms. The Hall–Kier alpha value is -0.538. The molecule has 0 saturated carbocycles. The standard InChI is InChI=1S/C7H8N4S.ClH.Pd/c8-7(12)11-10-5-6-3-1-2-4-9-6;;/h1-5H,(H3,8,9,11,12);1H;/q;;+2/p-2. The van der Waals surface area contributed by atoms with Gasteiger partial charge >= 0.3 is 27.7 Å². The van der Waals surface area contributed by atoms with Gasteiger partial charge in [0.2, 0.25) is 0 Å². The summed E-state index contributed by atoms with van der Waals surface area (Å²) in [7, 11) is 4.49. The van der Waals surface area contributed by atoms with E-state index >= 15 is 0 Å². The summed E-state index contributed by atoms with van der Waals surface area (Å²) >= 11 is 6.71. The third-order valence-corrected chi connectivity index (χ3v) is 1.12. The number of aromatic nitrogens is 1. The molecule has 0 aromatic carbocycles. The predicted octanol–water partition coefficient (Wildman–Crippen LogP) is 1.72. The Bertz CT molecular complexity index is 293. The van der Waals surface area contributed by atoms with Crippen LogP contribution in [0.4, 0.5) is 0 Å². The second-order valence-electron chi connectivity index (χ2n) is 1.94. The van der Waals surface area contributed by atoms with E-state index in [2.05, 4.69) is 55.4 Å². The third kappa shape index (κ3) is 6.92. The Morgan fingerprint density at radius 1 is 1.64 bits per heavy atom. The first-order valence-electron chi connectivity index (χ1n) is 3.35. The average Bonchev–Trinajstić information content (AvgIpc) is 2.22. The van der Waals surface area contributed by atoms with Crippen molar-refractivity contribution in [3.8, 4) is 0 Å². The molecule has 0 fully saturated rings. The second-order valence-corrected chi connectivity index (χ2v) is 2.36. The Morgan fingerprint density at radius 2 is 2.36 bits per heavy atom. The maximum atomic E-state index is 5.09. The van der Waals surface area contributed by atoms with E-state index in [0.717, 1.165) is 5.69 Å². The zero-order chi connectivity index (χ0) is 10.8. The molecule has 0 spiro atoms. The normalized spacial score (nSPS) is 9.07. The second kappa shape index (κ2) is 9.03. The van der Waals surface area contributed by atoms with Crippen LogP contribution in [0.3, 0.4) is 0 Å². The first-order chi connectivity index (χ1) is 6.79. The molecular formula is C7H7ClN4PdS. The van der Waals surface area contributed by atoms with E-state index in [4.69, 9.17) is 5.73 Å². The van der Waals surface area contributed by atoms with Gasteiger partial charge in [-0.25, -0.2) is 0 Å². The van der Waals surface area contributed by atoms with E-state index in [9.17, 15) is 0 Å². The van der Waals surface area contributed by atoms with Crippen molar-refractivity contribution in [1.82, 2.24) is 4.98 Å². The molecule has 0 aliphatic heterocycles. The van der Waals surface area contributed by atoms with E-state index in [-0.39, 0.29) is 5.11 Å². The van der Waals surface area contributed by atoms with Gasteiger partial charge in [-0.2, -0.15) is 0 Å². The van der Waals surface area contributed by atoms with Crippen LogP contribution in [0.1, 0.15) is 5.69 Å². The van der Waals surface area contributed by atoms with E-state index in [1.807, 2.05) is 12.1 Å². The van der Waals surface area contributed by atoms with E-state index in [0.29, 0.717) is 0 Å². The summed E-state index contributed by atoms with van der Waals surface area (Å²) in [6, 6.07) is 5.48. The fraction of sp³-hybridized carbons (Fsp3) is 0. The molecule has 0 atom stereocenters. The van der Waals surface area contributed by atoms with Crippen LogP contribution >= 0.6 is 21.7 Å². The van der Waals surface area contributed by atoms with E-state index in [1.165, 1.54) is 6.21 Å². The number of hydrogen-bond acceptors (Lipinski definition) is 3. The molecule has 14 heavy (non-hydrogen) atoms. The number of hydrogen-bond donors (Lipinski definition) is 1.